The van der Waals surface area contributed by atoms with Crippen LogP contribution < -0.4 is 15.7 Å². The molecular formula is C30H37NO5Si2. The van der Waals surface area contributed by atoms with Gasteiger partial charge in [-0.1, -0.05) is 86.1 Å². The Kier molecular flexibility index (Phi) is 9.11. The molecule has 8 heteroatoms. The van der Waals surface area contributed by atoms with Crippen molar-refractivity contribution in [3.05, 3.63) is 89.5 Å². The average Bonchev–Trinajstić information content (AvgIpc) is 2.86. The number of hydrogen-bond donors (Lipinski definition) is 1. The molecule has 0 aromatic heterocycles. The molecule has 0 aliphatic heterocycles. The van der Waals surface area contributed by atoms with Crippen molar-refractivity contribution in [2.24, 2.45) is 0 Å². The third kappa shape index (κ3) is 8.00. The van der Waals surface area contributed by atoms with Gasteiger partial charge in [-0.25, -0.2) is 9.59 Å². The Morgan fingerprint density at radius 3 is 1.82 bits per heavy atom. The van der Waals surface area contributed by atoms with Crippen LogP contribution in [0.25, 0.3) is 0 Å². The second-order valence-electron chi connectivity index (χ2n) is 11.5. The second-order valence-corrected chi connectivity index (χ2v) is 21.6. The zero-order valence-corrected chi connectivity index (χ0v) is 25.3. The Morgan fingerprint density at radius 2 is 1.29 bits per heavy atom. The molecule has 0 spiro atoms. The van der Waals surface area contributed by atoms with Crippen LogP contribution in [0.15, 0.2) is 72.8 Å². The summed E-state index contributed by atoms with van der Waals surface area (Å²) in [7, 11) is -3.17. The van der Waals surface area contributed by atoms with Gasteiger partial charge in [0.25, 0.3) is 5.91 Å². The van der Waals surface area contributed by atoms with Crippen LogP contribution in [0.5, 0.6) is 0 Å². The van der Waals surface area contributed by atoms with Crippen molar-refractivity contribution >= 4 is 50.1 Å². The maximum atomic E-state index is 13.0. The molecule has 38 heavy (non-hydrogen) atoms. The Balaban J connectivity index is 1.64. The molecular weight excluding hydrogens is 511 g/mol. The van der Waals surface area contributed by atoms with Crippen LogP contribution in [0.3, 0.4) is 0 Å². The van der Waals surface area contributed by atoms with Crippen LogP contribution in [0, 0.1) is 0 Å². The lowest BCUT2D eigenvalue weighted by Gasteiger charge is -2.24. The SMILES string of the molecule is C[C@H](OC(=O)c1ccc(C(=O)Nc2cc([Si](C)(C)C)cc([Si](C)(C)C)c2)cc1)C(=O)OCc1ccccc1. The number of carbonyl (C=O) groups is 3. The van der Waals surface area contributed by atoms with Gasteiger partial charge in [0.05, 0.1) is 21.7 Å². The van der Waals surface area contributed by atoms with Crippen molar-refractivity contribution in [2.75, 3.05) is 5.32 Å². The first-order valence-electron chi connectivity index (χ1n) is 12.7. The third-order valence-electron chi connectivity index (χ3n) is 6.15. The Hall–Kier alpha value is -3.50. The number of ether oxygens (including phenoxy) is 2. The molecule has 3 aromatic rings. The third-order valence-corrected chi connectivity index (χ3v) is 10.2. The van der Waals surface area contributed by atoms with Crippen LogP contribution in [-0.2, 0) is 20.9 Å². The minimum atomic E-state index is -1.58. The van der Waals surface area contributed by atoms with E-state index in [9.17, 15) is 14.4 Å². The zero-order valence-electron chi connectivity index (χ0n) is 23.3. The van der Waals surface area contributed by atoms with E-state index >= 15 is 0 Å². The summed E-state index contributed by atoms with van der Waals surface area (Å²) in [5, 5.41) is 5.65. The van der Waals surface area contributed by atoms with E-state index in [4.69, 9.17) is 9.47 Å². The highest BCUT2D eigenvalue weighted by Gasteiger charge is 2.24. The minimum absolute atomic E-state index is 0.103. The topological polar surface area (TPSA) is 81.7 Å². The van der Waals surface area contributed by atoms with Gasteiger partial charge in [-0.05, 0) is 48.9 Å². The fraction of sp³-hybridized carbons (Fsp3) is 0.300. The van der Waals surface area contributed by atoms with Crippen molar-refractivity contribution in [3.8, 4) is 0 Å². The number of benzene rings is 3. The van der Waals surface area contributed by atoms with Crippen molar-refractivity contribution in [2.45, 2.75) is 58.9 Å². The molecule has 1 atom stereocenters. The standard InChI is InChI=1S/C30H37NO5Si2/c1-21(29(33)35-20-22-11-9-8-10-12-22)36-30(34)24-15-13-23(14-16-24)28(32)31-25-17-26(37(2,3)4)19-27(18-25)38(5,6)7/h8-19,21H,20H2,1-7H3,(H,31,32)/t21-/m0/s1. The van der Waals surface area contributed by atoms with E-state index < -0.39 is 34.2 Å². The number of rotatable bonds is 9. The molecule has 0 radical (unpaired) electrons. The van der Waals surface area contributed by atoms with E-state index in [1.807, 2.05) is 30.3 Å². The maximum Gasteiger partial charge on any atom is 0.347 e. The number of anilines is 1. The van der Waals surface area contributed by atoms with Gasteiger partial charge in [-0.3, -0.25) is 4.79 Å². The molecule has 3 aromatic carbocycles. The van der Waals surface area contributed by atoms with E-state index in [0.717, 1.165) is 11.3 Å². The Morgan fingerprint density at radius 1 is 0.763 bits per heavy atom. The van der Waals surface area contributed by atoms with Gasteiger partial charge in [0.2, 0.25) is 0 Å². The van der Waals surface area contributed by atoms with E-state index in [1.54, 1.807) is 12.1 Å². The molecule has 0 unspecified atom stereocenters. The van der Waals surface area contributed by atoms with Gasteiger partial charge < -0.3 is 14.8 Å². The quantitative estimate of drug-likeness (QED) is 0.290. The highest BCUT2D eigenvalue weighted by molar-refractivity contribution is 6.91. The van der Waals surface area contributed by atoms with Gasteiger partial charge in [0.1, 0.15) is 6.61 Å². The molecule has 6 nitrogen and oxygen atoms in total. The lowest BCUT2D eigenvalue weighted by molar-refractivity contribution is -0.154. The first-order valence-corrected chi connectivity index (χ1v) is 19.7. The summed E-state index contributed by atoms with van der Waals surface area (Å²) in [4.78, 5) is 37.8. The Labute approximate surface area is 227 Å². The van der Waals surface area contributed by atoms with Crippen LogP contribution in [-0.4, -0.2) is 40.1 Å². The van der Waals surface area contributed by atoms with Gasteiger partial charge >= 0.3 is 11.9 Å². The number of nitrogens with one attached hydrogen (secondary N) is 1. The molecule has 0 bridgehead atoms. The summed E-state index contributed by atoms with van der Waals surface area (Å²) in [6.45, 7) is 15.3. The smallest absolute Gasteiger partial charge is 0.347 e. The summed E-state index contributed by atoms with van der Waals surface area (Å²) in [5.41, 5.74) is 2.30. The minimum Gasteiger partial charge on any atom is -0.458 e. The van der Waals surface area contributed by atoms with Crippen molar-refractivity contribution < 1.29 is 23.9 Å². The molecule has 1 amide bonds. The monoisotopic (exact) mass is 547 g/mol. The van der Waals surface area contributed by atoms with Crippen molar-refractivity contribution in [1.82, 2.24) is 0 Å². The van der Waals surface area contributed by atoms with Crippen molar-refractivity contribution in [3.63, 3.8) is 0 Å². The van der Waals surface area contributed by atoms with Gasteiger partial charge in [0, 0.05) is 11.3 Å². The average molecular weight is 548 g/mol. The predicted molar refractivity (Wildman–Crippen MR) is 158 cm³/mol. The lowest BCUT2D eigenvalue weighted by Crippen LogP contribution is -2.45. The summed E-state index contributed by atoms with van der Waals surface area (Å²) in [5.74, 6) is -1.54. The van der Waals surface area contributed by atoms with E-state index in [2.05, 4.69) is 62.8 Å². The Bertz CT molecular complexity index is 1260. The summed E-state index contributed by atoms with van der Waals surface area (Å²) in [6, 6.07) is 21.9. The van der Waals surface area contributed by atoms with Crippen LogP contribution >= 0.6 is 0 Å². The van der Waals surface area contributed by atoms with Gasteiger partial charge in [-0.2, -0.15) is 0 Å². The number of esters is 2. The summed E-state index contributed by atoms with van der Waals surface area (Å²) < 4.78 is 10.5. The second kappa shape index (κ2) is 11.9. The first-order chi connectivity index (χ1) is 17.7. The highest BCUT2D eigenvalue weighted by atomic mass is 28.3. The molecule has 1 N–H and O–H groups in total. The molecule has 0 saturated heterocycles. The molecule has 200 valence electrons. The van der Waals surface area contributed by atoms with Crippen LogP contribution in [0.2, 0.25) is 39.3 Å². The van der Waals surface area contributed by atoms with E-state index in [0.29, 0.717) is 5.56 Å². The lowest BCUT2D eigenvalue weighted by atomic mass is 10.1. The predicted octanol–water partition coefficient (Wildman–Crippen LogP) is 5.32. The first kappa shape index (κ1) is 29.1. The maximum absolute atomic E-state index is 13.0. The van der Waals surface area contributed by atoms with Crippen LogP contribution in [0.1, 0.15) is 33.2 Å². The fourth-order valence-electron chi connectivity index (χ4n) is 3.65. The number of amides is 1. The summed E-state index contributed by atoms with van der Waals surface area (Å²) >= 11 is 0. The molecule has 0 fully saturated rings. The summed E-state index contributed by atoms with van der Waals surface area (Å²) in [6.07, 6.45) is -1.06. The van der Waals surface area contributed by atoms with Crippen LogP contribution in [0.4, 0.5) is 5.69 Å². The highest BCUT2D eigenvalue weighted by Crippen LogP contribution is 2.15. The number of hydrogen-bond acceptors (Lipinski definition) is 5. The fourth-order valence-corrected chi connectivity index (χ4v) is 6.15. The van der Waals surface area contributed by atoms with Gasteiger partial charge in [0.15, 0.2) is 6.10 Å². The molecule has 3 rings (SSSR count). The van der Waals surface area contributed by atoms with E-state index in [1.165, 1.54) is 29.4 Å². The molecule has 0 saturated carbocycles. The van der Waals surface area contributed by atoms with Gasteiger partial charge in [-0.15, -0.1) is 0 Å². The zero-order chi connectivity index (χ0) is 28.1. The van der Waals surface area contributed by atoms with Crippen molar-refractivity contribution in [1.29, 1.82) is 0 Å². The largest absolute Gasteiger partial charge is 0.458 e. The van der Waals surface area contributed by atoms with E-state index in [-0.39, 0.29) is 18.1 Å². The normalized spacial score (nSPS) is 12.4. The molecule has 0 aliphatic carbocycles. The molecule has 0 aliphatic rings. The molecule has 0 heterocycles. The number of carbonyl (C=O) groups excluding carboxylic acids is 3.